The van der Waals surface area contributed by atoms with Crippen LogP contribution in [0.1, 0.15) is 28.5 Å². The van der Waals surface area contributed by atoms with E-state index in [1.54, 1.807) is 25.3 Å². The molecule has 0 radical (unpaired) electrons. The molecule has 0 saturated heterocycles. The Morgan fingerprint density at radius 1 is 1.12 bits per heavy atom. The molecule has 172 valence electrons. The number of likely N-dealkylation sites (N-methyl/N-ethyl adjacent to an activating group) is 1. The number of hydrogen-bond donors (Lipinski definition) is 1. The van der Waals surface area contributed by atoms with Gasteiger partial charge in [0.25, 0.3) is 5.91 Å². The Labute approximate surface area is 192 Å². The van der Waals surface area contributed by atoms with E-state index >= 15 is 0 Å². The monoisotopic (exact) mass is 449 g/mol. The Morgan fingerprint density at radius 3 is 2.70 bits per heavy atom. The molecule has 8 heteroatoms. The number of aromatic nitrogens is 1. The molecule has 1 aliphatic rings. The first kappa shape index (κ1) is 22.5. The van der Waals surface area contributed by atoms with E-state index in [-0.39, 0.29) is 0 Å². The normalized spacial score (nSPS) is 13.3. The van der Waals surface area contributed by atoms with Crippen molar-refractivity contribution in [2.75, 3.05) is 39.2 Å². The molecule has 2 aromatic carbocycles. The minimum atomic E-state index is -0.528. The predicted molar refractivity (Wildman–Crippen MR) is 125 cm³/mol. The van der Waals surface area contributed by atoms with Crippen LogP contribution in [0.5, 0.6) is 11.5 Å². The zero-order valence-electron chi connectivity index (χ0n) is 19.0. The van der Waals surface area contributed by atoms with Gasteiger partial charge in [-0.2, -0.15) is 0 Å². The Bertz CT molecular complexity index is 1190. The van der Waals surface area contributed by atoms with Gasteiger partial charge in [-0.1, -0.05) is 25.1 Å². The minimum Gasteiger partial charge on any atom is -0.497 e. The van der Waals surface area contributed by atoms with Crippen LogP contribution < -0.4 is 14.8 Å². The average molecular weight is 450 g/mol. The highest BCUT2D eigenvalue weighted by Crippen LogP contribution is 2.30. The van der Waals surface area contributed by atoms with Crippen molar-refractivity contribution >= 4 is 28.5 Å². The number of pyridine rings is 1. The Hall–Kier alpha value is -3.65. The van der Waals surface area contributed by atoms with E-state index in [2.05, 4.69) is 17.1 Å². The van der Waals surface area contributed by atoms with Gasteiger partial charge in [-0.25, -0.2) is 4.79 Å². The maximum atomic E-state index is 13.2. The van der Waals surface area contributed by atoms with E-state index in [1.165, 1.54) is 7.11 Å². The van der Waals surface area contributed by atoms with Crippen LogP contribution in [0.2, 0.25) is 0 Å². The number of nitrogens with zero attached hydrogens (tertiary/aromatic N) is 2. The number of ether oxygens (including phenoxy) is 3. The number of amides is 1. The van der Waals surface area contributed by atoms with E-state index in [0.29, 0.717) is 29.3 Å². The highest BCUT2D eigenvalue weighted by atomic mass is 16.5. The average Bonchev–Trinajstić information content (AvgIpc) is 2.85. The number of fused-ring (bicyclic) bond motifs is 2. The molecule has 0 bridgehead atoms. The van der Waals surface area contributed by atoms with Crippen molar-refractivity contribution in [2.24, 2.45) is 0 Å². The molecular formula is C25H27N3O5. The topological polar surface area (TPSA) is 90.0 Å². The second-order valence-corrected chi connectivity index (χ2v) is 7.74. The Kier molecular flexibility index (Phi) is 6.74. The third-order valence-corrected chi connectivity index (χ3v) is 5.79. The second kappa shape index (κ2) is 9.87. The molecule has 2 heterocycles. The van der Waals surface area contributed by atoms with Crippen molar-refractivity contribution in [3.05, 3.63) is 59.3 Å². The van der Waals surface area contributed by atoms with E-state index in [0.717, 1.165) is 41.7 Å². The SMILES string of the molecule is CCN1CCc2nc3ccccc3c(C(=O)OCC(=O)Nc3ccc(OC)cc3OC)c2C1. The summed E-state index contributed by atoms with van der Waals surface area (Å²) in [5.41, 5.74) is 3.50. The van der Waals surface area contributed by atoms with Crippen molar-refractivity contribution in [1.82, 2.24) is 9.88 Å². The van der Waals surface area contributed by atoms with Gasteiger partial charge in [0.15, 0.2) is 6.61 Å². The zero-order chi connectivity index (χ0) is 23.4. The summed E-state index contributed by atoms with van der Waals surface area (Å²) in [4.78, 5) is 32.8. The van der Waals surface area contributed by atoms with Crippen molar-refractivity contribution in [2.45, 2.75) is 19.9 Å². The lowest BCUT2D eigenvalue weighted by Gasteiger charge is -2.28. The van der Waals surface area contributed by atoms with Crippen LogP contribution in [-0.2, 0) is 22.5 Å². The number of hydrogen-bond acceptors (Lipinski definition) is 7. The maximum absolute atomic E-state index is 13.2. The molecular weight excluding hydrogens is 422 g/mol. The summed E-state index contributed by atoms with van der Waals surface area (Å²) >= 11 is 0. The number of rotatable bonds is 7. The number of methoxy groups -OCH3 is 2. The van der Waals surface area contributed by atoms with Crippen molar-refractivity contribution in [3.8, 4) is 11.5 Å². The lowest BCUT2D eigenvalue weighted by atomic mass is 9.96. The molecule has 0 fully saturated rings. The van der Waals surface area contributed by atoms with Crippen LogP contribution >= 0.6 is 0 Å². The van der Waals surface area contributed by atoms with Crippen LogP contribution in [0.4, 0.5) is 5.69 Å². The zero-order valence-corrected chi connectivity index (χ0v) is 19.0. The third-order valence-electron chi connectivity index (χ3n) is 5.79. The smallest absolute Gasteiger partial charge is 0.339 e. The largest absolute Gasteiger partial charge is 0.497 e. The first-order chi connectivity index (χ1) is 16.0. The van der Waals surface area contributed by atoms with Gasteiger partial charge in [0, 0.05) is 42.2 Å². The molecule has 0 spiro atoms. The van der Waals surface area contributed by atoms with E-state index in [9.17, 15) is 9.59 Å². The molecule has 0 unspecified atom stereocenters. The molecule has 1 aromatic heterocycles. The number of nitrogens with one attached hydrogen (secondary N) is 1. The number of esters is 1. The van der Waals surface area contributed by atoms with Gasteiger partial charge in [-0.15, -0.1) is 0 Å². The summed E-state index contributed by atoms with van der Waals surface area (Å²) < 4.78 is 15.9. The number of para-hydroxylation sites is 1. The second-order valence-electron chi connectivity index (χ2n) is 7.74. The van der Waals surface area contributed by atoms with E-state index < -0.39 is 18.5 Å². The van der Waals surface area contributed by atoms with Crippen LogP contribution in [-0.4, -0.2) is 55.7 Å². The summed E-state index contributed by atoms with van der Waals surface area (Å²) in [6, 6.07) is 12.6. The third kappa shape index (κ3) is 4.75. The van der Waals surface area contributed by atoms with E-state index in [4.69, 9.17) is 19.2 Å². The fraction of sp³-hybridized carbons (Fsp3) is 0.320. The molecule has 0 atom stereocenters. The number of carbonyl (C=O) groups excluding carboxylic acids is 2. The molecule has 8 nitrogen and oxygen atoms in total. The summed E-state index contributed by atoms with van der Waals surface area (Å²) in [5.74, 6) is 0.0588. The highest BCUT2D eigenvalue weighted by molar-refractivity contribution is 6.06. The standard InChI is InChI=1S/C25H27N3O5/c1-4-28-12-11-20-18(14-28)24(17-7-5-6-8-19(17)26-20)25(30)33-15-23(29)27-21-10-9-16(31-2)13-22(21)32-3/h5-10,13H,4,11-12,14-15H2,1-3H3,(H,27,29). The lowest BCUT2D eigenvalue weighted by molar-refractivity contribution is -0.119. The van der Waals surface area contributed by atoms with Crippen LogP contribution in [0.15, 0.2) is 42.5 Å². The quantitative estimate of drug-likeness (QED) is 0.553. The van der Waals surface area contributed by atoms with Gasteiger partial charge in [0.05, 0.1) is 31.0 Å². The summed E-state index contributed by atoms with van der Waals surface area (Å²) in [5, 5.41) is 3.45. The minimum absolute atomic E-state index is 0.420. The highest BCUT2D eigenvalue weighted by Gasteiger charge is 2.26. The molecule has 33 heavy (non-hydrogen) atoms. The van der Waals surface area contributed by atoms with Gasteiger partial charge in [0.2, 0.25) is 0 Å². The molecule has 0 aliphatic carbocycles. The summed E-state index contributed by atoms with van der Waals surface area (Å²) in [7, 11) is 3.05. The molecule has 1 aliphatic heterocycles. The van der Waals surface area contributed by atoms with Crippen molar-refractivity contribution < 1.29 is 23.8 Å². The van der Waals surface area contributed by atoms with Crippen LogP contribution in [0.25, 0.3) is 10.9 Å². The molecule has 0 saturated carbocycles. The Morgan fingerprint density at radius 2 is 1.94 bits per heavy atom. The van der Waals surface area contributed by atoms with Gasteiger partial charge in [-0.05, 0) is 24.7 Å². The van der Waals surface area contributed by atoms with Gasteiger partial charge >= 0.3 is 5.97 Å². The van der Waals surface area contributed by atoms with Crippen molar-refractivity contribution in [3.63, 3.8) is 0 Å². The molecule has 1 N–H and O–H groups in total. The first-order valence-corrected chi connectivity index (χ1v) is 10.9. The van der Waals surface area contributed by atoms with E-state index in [1.807, 2.05) is 24.3 Å². The van der Waals surface area contributed by atoms with Gasteiger partial charge in [0.1, 0.15) is 11.5 Å². The predicted octanol–water partition coefficient (Wildman–Crippen LogP) is 3.43. The van der Waals surface area contributed by atoms with Gasteiger partial charge < -0.3 is 19.5 Å². The molecule has 1 amide bonds. The fourth-order valence-corrected chi connectivity index (χ4v) is 4.04. The van der Waals surface area contributed by atoms with Gasteiger partial charge in [-0.3, -0.25) is 14.7 Å². The first-order valence-electron chi connectivity index (χ1n) is 10.9. The summed E-state index contributed by atoms with van der Waals surface area (Å²) in [6.45, 7) is 4.08. The fourth-order valence-electron chi connectivity index (χ4n) is 4.04. The number of carbonyl (C=O) groups is 2. The summed E-state index contributed by atoms with van der Waals surface area (Å²) in [6.07, 6.45) is 0.770. The Balaban J connectivity index is 1.54. The van der Waals surface area contributed by atoms with Crippen molar-refractivity contribution in [1.29, 1.82) is 0 Å². The molecule has 3 aromatic rings. The van der Waals surface area contributed by atoms with Crippen LogP contribution in [0.3, 0.4) is 0 Å². The van der Waals surface area contributed by atoms with Crippen LogP contribution in [0, 0.1) is 0 Å². The molecule has 4 rings (SSSR count). The number of anilines is 1. The maximum Gasteiger partial charge on any atom is 0.339 e. The number of benzene rings is 2. The lowest BCUT2D eigenvalue weighted by Crippen LogP contribution is -2.32.